The lowest BCUT2D eigenvalue weighted by molar-refractivity contribution is 0.422. The number of halogens is 1. The largest absolute Gasteiger partial charge is 0.439 e. The minimum Gasteiger partial charge on any atom is -0.439 e. The number of hydrogen-bond donors (Lipinski definition) is 1. The molecule has 1 aromatic carbocycles. The summed E-state index contributed by atoms with van der Waals surface area (Å²) in [6.45, 7) is 3.67. The molecule has 2 aromatic rings. The van der Waals surface area contributed by atoms with Crippen LogP contribution in [0.2, 0.25) is 0 Å². The smallest absolute Gasteiger partial charge is 0.217 e. The normalized spacial score (nSPS) is 12.5. The van der Waals surface area contributed by atoms with Crippen LogP contribution in [0.25, 0.3) is 0 Å². The molecule has 1 heterocycles. The van der Waals surface area contributed by atoms with Crippen LogP contribution in [0.4, 0.5) is 4.39 Å². The molecule has 0 saturated heterocycles. The van der Waals surface area contributed by atoms with Crippen LogP contribution in [-0.4, -0.2) is 9.78 Å². The first-order valence-electron chi connectivity index (χ1n) is 5.71. The van der Waals surface area contributed by atoms with Gasteiger partial charge in [-0.25, -0.2) is 9.07 Å². The van der Waals surface area contributed by atoms with Crippen LogP contribution in [0.15, 0.2) is 24.3 Å². The van der Waals surface area contributed by atoms with Crippen LogP contribution < -0.4 is 10.5 Å². The van der Waals surface area contributed by atoms with Gasteiger partial charge >= 0.3 is 0 Å². The third kappa shape index (κ3) is 2.51. The van der Waals surface area contributed by atoms with Crippen LogP contribution in [0.1, 0.15) is 24.2 Å². The van der Waals surface area contributed by atoms with Crippen molar-refractivity contribution in [3.63, 3.8) is 0 Å². The van der Waals surface area contributed by atoms with Gasteiger partial charge in [-0.15, -0.1) is 0 Å². The van der Waals surface area contributed by atoms with E-state index < -0.39 is 0 Å². The van der Waals surface area contributed by atoms with Gasteiger partial charge in [0.05, 0.1) is 5.69 Å². The van der Waals surface area contributed by atoms with Crippen molar-refractivity contribution in [3.05, 3.63) is 41.3 Å². The summed E-state index contributed by atoms with van der Waals surface area (Å²) in [6, 6.07) is 5.84. The quantitative estimate of drug-likeness (QED) is 0.909. The number of hydrogen-bond acceptors (Lipinski definition) is 3. The fourth-order valence-corrected chi connectivity index (χ4v) is 1.76. The van der Waals surface area contributed by atoms with Crippen LogP contribution in [0.3, 0.4) is 0 Å². The first kappa shape index (κ1) is 12.6. The number of ether oxygens (including phenoxy) is 1. The molecule has 2 rings (SSSR count). The Morgan fingerprint density at radius 1 is 1.39 bits per heavy atom. The molecule has 18 heavy (non-hydrogen) atoms. The highest BCUT2D eigenvalue weighted by Gasteiger charge is 2.12. The molecule has 0 spiro atoms. The maximum Gasteiger partial charge on any atom is 0.217 e. The molecule has 0 aliphatic carbocycles. The zero-order valence-electron chi connectivity index (χ0n) is 10.6. The minimum absolute atomic E-state index is 0.301. The molecule has 5 heteroatoms. The van der Waals surface area contributed by atoms with E-state index in [9.17, 15) is 4.39 Å². The summed E-state index contributed by atoms with van der Waals surface area (Å²) >= 11 is 0. The molecule has 0 fully saturated rings. The highest BCUT2D eigenvalue weighted by Crippen LogP contribution is 2.29. The Morgan fingerprint density at radius 2 is 2.11 bits per heavy atom. The molecule has 0 aliphatic heterocycles. The Kier molecular flexibility index (Phi) is 3.34. The summed E-state index contributed by atoms with van der Waals surface area (Å²) in [7, 11) is 1.79. The molecule has 1 aromatic heterocycles. The van der Waals surface area contributed by atoms with Crippen LogP contribution >= 0.6 is 0 Å². The van der Waals surface area contributed by atoms with Crippen molar-refractivity contribution in [1.82, 2.24) is 9.78 Å². The van der Waals surface area contributed by atoms with Crippen molar-refractivity contribution in [3.8, 4) is 11.6 Å². The Morgan fingerprint density at radius 3 is 2.67 bits per heavy atom. The summed E-state index contributed by atoms with van der Waals surface area (Å²) in [5.41, 5.74) is 7.30. The summed E-state index contributed by atoms with van der Waals surface area (Å²) in [5, 5.41) is 4.19. The molecule has 0 unspecified atom stereocenters. The van der Waals surface area contributed by atoms with Crippen molar-refractivity contribution in [2.45, 2.75) is 19.9 Å². The van der Waals surface area contributed by atoms with Gasteiger partial charge in [0, 0.05) is 24.7 Å². The number of benzene rings is 1. The monoisotopic (exact) mass is 249 g/mol. The summed E-state index contributed by atoms with van der Waals surface area (Å²) in [4.78, 5) is 0. The SMILES string of the molecule is Cc1cc(Oc2ccc(F)cc2[C@H](C)N)n(C)n1. The second kappa shape index (κ2) is 4.78. The standard InChI is InChI=1S/C13H16FN3O/c1-8-6-13(17(3)16-8)18-12-5-4-10(14)7-11(12)9(2)15/h4-7,9H,15H2,1-3H3/t9-/m0/s1. The predicted octanol–water partition coefficient (Wildman–Crippen LogP) is 2.68. The molecule has 4 nitrogen and oxygen atoms in total. The van der Waals surface area contributed by atoms with E-state index in [1.807, 2.05) is 13.0 Å². The third-order valence-electron chi connectivity index (χ3n) is 2.64. The fraction of sp³-hybridized carbons (Fsp3) is 0.308. The van der Waals surface area contributed by atoms with Crippen LogP contribution in [0.5, 0.6) is 11.6 Å². The van der Waals surface area contributed by atoms with Crippen molar-refractivity contribution in [1.29, 1.82) is 0 Å². The van der Waals surface area contributed by atoms with E-state index in [0.29, 0.717) is 17.2 Å². The minimum atomic E-state index is -0.323. The topological polar surface area (TPSA) is 53.1 Å². The predicted molar refractivity (Wildman–Crippen MR) is 67.0 cm³/mol. The molecule has 96 valence electrons. The Balaban J connectivity index is 2.37. The Labute approximate surface area is 105 Å². The highest BCUT2D eigenvalue weighted by atomic mass is 19.1. The summed E-state index contributed by atoms with van der Waals surface area (Å²) in [6.07, 6.45) is 0. The zero-order valence-corrected chi connectivity index (χ0v) is 10.6. The lowest BCUT2D eigenvalue weighted by Gasteiger charge is -2.13. The first-order valence-corrected chi connectivity index (χ1v) is 5.71. The maximum absolute atomic E-state index is 13.2. The number of nitrogens with two attached hydrogens (primary N) is 1. The highest BCUT2D eigenvalue weighted by molar-refractivity contribution is 5.38. The Hall–Kier alpha value is -1.88. The molecular formula is C13H16FN3O. The number of aryl methyl sites for hydroxylation is 2. The first-order chi connectivity index (χ1) is 8.47. The van der Waals surface area contributed by atoms with Gasteiger partial charge in [-0.2, -0.15) is 5.10 Å². The molecule has 0 bridgehead atoms. The van der Waals surface area contributed by atoms with E-state index in [1.54, 1.807) is 24.7 Å². The summed E-state index contributed by atoms with van der Waals surface area (Å²) < 4.78 is 20.6. The molecule has 0 amide bonds. The maximum atomic E-state index is 13.2. The van der Waals surface area contributed by atoms with E-state index in [2.05, 4.69) is 5.10 Å². The second-order valence-corrected chi connectivity index (χ2v) is 4.32. The average molecular weight is 249 g/mol. The zero-order chi connectivity index (χ0) is 13.3. The van der Waals surface area contributed by atoms with Gasteiger partial charge in [-0.05, 0) is 32.0 Å². The molecule has 1 atom stereocenters. The number of rotatable bonds is 3. The number of aromatic nitrogens is 2. The van der Waals surface area contributed by atoms with Crippen LogP contribution in [0, 0.1) is 12.7 Å². The van der Waals surface area contributed by atoms with Crippen molar-refractivity contribution in [2.75, 3.05) is 0 Å². The molecule has 2 N–H and O–H groups in total. The van der Waals surface area contributed by atoms with Crippen molar-refractivity contribution in [2.24, 2.45) is 12.8 Å². The van der Waals surface area contributed by atoms with E-state index >= 15 is 0 Å². The van der Waals surface area contributed by atoms with E-state index in [-0.39, 0.29) is 11.9 Å². The molecule has 0 saturated carbocycles. The van der Waals surface area contributed by atoms with E-state index in [4.69, 9.17) is 10.5 Å². The molecular weight excluding hydrogens is 233 g/mol. The summed E-state index contributed by atoms with van der Waals surface area (Å²) in [5.74, 6) is 0.825. The van der Waals surface area contributed by atoms with Gasteiger partial charge in [0.25, 0.3) is 0 Å². The van der Waals surface area contributed by atoms with E-state index in [1.165, 1.54) is 12.1 Å². The van der Waals surface area contributed by atoms with Crippen molar-refractivity contribution < 1.29 is 9.13 Å². The lowest BCUT2D eigenvalue weighted by Crippen LogP contribution is -2.07. The van der Waals surface area contributed by atoms with Gasteiger partial charge in [0.15, 0.2) is 0 Å². The lowest BCUT2D eigenvalue weighted by atomic mass is 10.1. The average Bonchev–Trinajstić information content (AvgIpc) is 2.60. The van der Waals surface area contributed by atoms with Gasteiger partial charge in [-0.3, -0.25) is 0 Å². The molecule has 0 aliphatic rings. The van der Waals surface area contributed by atoms with Gasteiger partial charge in [0.1, 0.15) is 11.6 Å². The molecule has 0 radical (unpaired) electrons. The van der Waals surface area contributed by atoms with Crippen LogP contribution in [-0.2, 0) is 7.05 Å². The van der Waals surface area contributed by atoms with Crippen molar-refractivity contribution >= 4 is 0 Å². The van der Waals surface area contributed by atoms with Gasteiger partial charge in [0.2, 0.25) is 5.88 Å². The number of nitrogens with zero attached hydrogens (tertiary/aromatic N) is 2. The second-order valence-electron chi connectivity index (χ2n) is 4.32. The fourth-order valence-electron chi connectivity index (χ4n) is 1.76. The van der Waals surface area contributed by atoms with Gasteiger partial charge < -0.3 is 10.5 Å². The van der Waals surface area contributed by atoms with E-state index in [0.717, 1.165) is 5.69 Å². The van der Waals surface area contributed by atoms with Gasteiger partial charge in [-0.1, -0.05) is 0 Å². The third-order valence-corrected chi connectivity index (χ3v) is 2.64. The Bertz CT molecular complexity index is 563.